The van der Waals surface area contributed by atoms with Crippen molar-refractivity contribution < 1.29 is 37.9 Å². The van der Waals surface area contributed by atoms with Gasteiger partial charge in [0.15, 0.2) is 23.3 Å². The Balaban J connectivity index is 0.998. The molecule has 2 aliphatic heterocycles. The van der Waals surface area contributed by atoms with E-state index in [4.69, 9.17) is 67.8 Å². The van der Waals surface area contributed by atoms with Gasteiger partial charge in [-0.25, -0.2) is 29.9 Å². The lowest BCUT2D eigenvalue weighted by atomic mass is 9.87. The molecule has 2 N–H and O–H groups in total. The van der Waals surface area contributed by atoms with Gasteiger partial charge >= 0.3 is 0 Å². The number of fused-ring (bicyclic) bond motifs is 20. The van der Waals surface area contributed by atoms with Gasteiger partial charge in [0.25, 0.3) is 0 Å². The highest BCUT2D eigenvalue weighted by Crippen LogP contribution is 2.52. The van der Waals surface area contributed by atoms with Gasteiger partial charge in [-0.3, -0.25) is 0 Å². The van der Waals surface area contributed by atoms with E-state index in [1.54, 1.807) is 0 Å². The van der Waals surface area contributed by atoms with Crippen molar-refractivity contribution in [2.75, 3.05) is 0 Å². The van der Waals surface area contributed by atoms with Crippen LogP contribution >= 0.6 is 0 Å². The average Bonchev–Trinajstić information content (AvgIpc) is 1.57. The Morgan fingerprint density at radius 1 is 0.162 bits per heavy atom. The summed E-state index contributed by atoms with van der Waals surface area (Å²) in [4.78, 5) is 43.0. The van der Waals surface area contributed by atoms with Gasteiger partial charge in [0, 0.05) is 0 Å². The molecule has 16 heteroatoms. The fourth-order valence-corrected chi connectivity index (χ4v) is 17.1. The maximum absolute atomic E-state index is 7.30. The molecule has 0 radical (unpaired) electrons. The van der Waals surface area contributed by atoms with Crippen molar-refractivity contribution in [3.8, 4) is 91.5 Å². The van der Waals surface area contributed by atoms with Crippen LogP contribution in [0.4, 0.5) is 0 Å². The van der Waals surface area contributed by atoms with E-state index in [2.05, 4.69) is 370 Å². The summed E-state index contributed by atoms with van der Waals surface area (Å²) in [7, 11) is 0. The van der Waals surface area contributed by atoms with Crippen LogP contribution in [0.3, 0.4) is 0 Å². The lowest BCUT2D eigenvalue weighted by Crippen LogP contribution is -2.11. The van der Waals surface area contributed by atoms with Crippen LogP contribution in [0.1, 0.15) is 255 Å². The molecule has 8 bridgehead atoms. The smallest absolute Gasteiger partial charge is 0.168 e. The number of aromatic amines is 2. The lowest BCUT2D eigenvalue weighted by molar-refractivity contribution is 0.299. The Kier molecular flexibility index (Phi) is 25.5. The van der Waals surface area contributed by atoms with Gasteiger partial charge in [0.2, 0.25) is 0 Å². The molecular weight excluding hydrogens is 1680 g/mol. The van der Waals surface area contributed by atoms with E-state index in [1.807, 2.05) is 48.5 Å². The first kappa shape index (κ1) is 94.2. The highest BCUT2D eigenvalue weighted by atomic mass is 16.5. The summed E-state index contributed by atoms with van der Waals surface area (Å²) in [5, 5.41) is 2.17. The Morgan fingerprint density at radius 2 is 0.287 bits per heavy atom. The van der Waals surface area contributed by atoms with Crippen LogP contribution in [-0.4, -0.2) is 39.9 Å². The van der Waals surface area contributed by atoms with Gasteiger partial charge in [-0.05, 0) is 181 Å². The number of hydrogen-bond acceptors (Lipinski definition) is 14. The summed E-state index contributed by atoms with van der Waals surface area (Å²) in [6, 6.07) is 84.6. The highest BCUT2D eigenvalue weighted by Gasteiger charge is 2.35. The predicted octanol–water partition coefficient (Wildman–Crippen LogP) is 29.9. The third-order valence-corrected chi connectivity index (χ3v) is 25.8. The van der Waals surface area contributed by atoms with E-state index in [0.29, 0.717) is 112 Å². The number of aromatic nitrogens is 8. The number of H-pyrrole nitrogens is 2. The summed E-state index contributed by atoms with van der Waals surface area (Å²) in [6.07, 6.45) is 0. The number of nitrogens with zero attached hydrogens (tertiary/aromatic N) is 6. The summed E-state index contributed by atoms with van der Waals surface area (Å²) >= 11 is 0. The van der Waals surface area contributed by atoms with Gasteiger partial charge < -0.3 is 47.9 Å². The molecule has 0 spiro atoms. The van der Waals surface area contributed by atoms with Gasteiger partial charge in [0.1, 0.15) is 121 Å². The van der Waals surface area contributed by atoms with Crippen molar-refractivity contribution in [3.05, 3.63) is 332 Å². The number of ether oxygens (including phenoxy) is 8. The molecule has 136 heavy (non-hydrogen) atoms. The van der Waals surface area contributed by atoms with Crippen LogP contribution in [0.2, 0.25) is 0 Å². The second kappa shape index (κ2) is 36.9. The van der Waals surface area contributed by atoms with E-state index in [9.17, 15) is 0 Å². The first-order valence-corrected chi connectivity index (χ1v) is 47.7. The number of benzene rings is 12. The zero-order valence-electron chi connectivity index (χ0n) is 83.7. The number of nitrogens with one attached hydrogen (secondary N) is 2. The van der Waals surface area contributed by atoms with Gasteiger partial charge in [-0.1, -0.05) is 360 Å². The average molecular weight is 1810 g/mol. The third-order valence-electron chi connectivity index (χ3n) is 25.8. The van der Waals surface area contributed by atoms with Gasteiger partial charge in [-0.15, -0.1) is 0 Å². The van der Waals surface area contributed by atoms with E-state index in [0.717, 1.165) is 44.5 Å². The first-order valence-electron chi connectivity index (χ1n) is 47.7. The third kappa shape index (κ3) is 20.9. The van der Waals surface area contributed by atoms with Crippen LogP contribution in [0.15, 0.2) is 243 Å². The molecule has 698 valence electrons. The Hall–Kier alpha value is -13.6. The topological polar surface area (TPSA) is 183 Å². The van der Waals surface area contributed by atoms with E-state index in [-0.39, 0.29) is 119 Å². The predicted molar refractivity (Wildman–Crippen MR) is 552 cm³/mol. The minimum absolute atomic E-state index is 0.0848. The monoisotopic (exact) mass is 1810 g/mol. The first-order chi connectivity index (χ1) is 64.4. The van der Waals surface area contributed by atoms with Gasteiger partial charge in [0.05, 0.1) is 43.8 Å². The van der Waals surface area contributed by atoms with E-state index >= 15 is 0 Å². The van der Waals surface area contributed by atoms with Crippen molar-refractivity contribution in [2.24, 2.45) is 0 Å². The largest absolute Gasteiger partial charge is 0.488 e. The van der Waals surface area contributed by atoms with Crippen molar-refractivity contribution in [2.45, 2.75) is 262 Å². The standard InChI is InChI=1S/C120H130N8O8/c1-113(2,3)81-41-25-73(26-42-81)65-129-89-57-58-90(130-66-74-27-43-82(44-28-74)114(4,5)6)98-97(89)105-121-106(98)126-108-101-93(133-69-77-33-49-85(50-34-77)117(13,14)15)61-62-94(134-70-78-35-51-86(52-36-78)118(16,17)18)102(101)110(123-108)128-112-104-96(136-72-80-39-55-88(56-40-80)120(22,23)24)64-63-95(135-71-79-37-53-87(54-38-79)119(19,20)21)103(104)111(124-112)127-109-100-92(132-68-76-31-47-84(48-32-76)116(10,11)12)60-59-91(99(100)107(122-109)125-105)131-67-75-29-45-83(46-30-75)115(7,8)9/h25-64H,65-72H2,1-24H3,(H2,121,122,123,124,125,126,127,128). The van der Waals surface area contributed by atoms with Crippen LogP contribution in [-0.2, 0) is 96.2 Å². The SMILES string of the molecule is CC(C)(C)c1ccc(COc2ccc(OCc3ccc(C(C)(C)C)cc3)c3c2-c2nc-3nc3[nH]c(nc4nc(nc5[nH]c(n2)c2c(OCc6ccc(C(C)(C)C)cc6)ccc(OCc6ccc(C(C)(C)C)cc6)c52)-c2c(OCc5ccc(C(C)(C)C)cc5)ccc(OCc5ccc(C(C)(C)C)cc5)c2-4)c2c(OCc4ccc(C(C)(C)C)cc4)ccc(OCc4ccc(C(C)(C)C)cc4)c32)cc1. The van der Waals surface area contributed by atoms with Crippen LogP contribution in [0.25, 0.3) is 89.7 Å². The van der Waals surface area contributed by atoms with E-state index < -0.39 is 0 Å². The molecule has 3 aromatic heterocycles. The second-order valence-electron chi connectivity index (χ2n) is 44.7. The Labute approximate surface area is 802 Å². The normalized spacial score (nSPS) is 12.6. The lowest BCUT2D eigenvalue weighted by Gasteiger charge is -2.20. The second-order valence-corrected chi connectivity index (χ2v) is 44.7. The van der Waals surface area contributed by atoms with E-state index in [1.165, 1.54) is 44.5 Å². The van der Waals surface area contributed by atoms with Crippen LogP contribution in [0.5, 0.6) is 46.0 Å². The molecule has 12 aromatic carbocycles. The minimum atomic E-state index is -0.0852. The molecule has 2 aliphatic rings. The summed E-state index contributed by atoms with van der Waals surface area (Å²) in [5.41, 5.74) is 20.0. The fourth-order valence-electron chi connectivity index (χ4n) is 17.1. The molecule has 15 aromatic rings. The quantitative estimate of drug-likeness (QED) is 0.0583. The Bertz CT molecular complexity index is 6240. The maximum atomic E-state index is 7.30. The minimum Gasteiger partial charge on any atom is -0.488 e. The summed E-state index contributed by atoms with van der Waals surface area (Å²) < 4.78 is 58.3. The molecule has 0 fully saturated rings. The Morgan fingerprint density at radius 3 is 0.419 bits per heavy atom. The van der Waals surface area contributed by atoms with Crippen molar-refractivity contribution in [1.82, 2.24) is 39.9 Å². The molecule has 5 heterocycles. The number of rotatable bonds is 24. The highest BCUT2D eigenvalue weighted by molar-refractivity contribution is 6.13. The molecule has 0 saturated heterocycles. The van der Waals surface area contributed by atoms with Crippen LogP contribution < -0.4 is 37.9 Å². The summed E-state index contributed by atoms with van der Waals surface area (Å²) in [5.74, 6) is 4.75. The molecule has 0 unspecified atom stereocenters. The molecule has 16 nitrogen and oxygen atoms in total. The molecular formula is C120H130N8O8. The zero-order valence-corrected chi connectivity index (χ0v) is 83.7. The number of hydrogen-bond donors (Lipinski definition) is 2. The van der Waals surface area contributed by atoms with Crippen molar-refractivity contribution >= 4 is 44.1 Å². The molecule has 0 amide bonds. The van der Waals surface area contributed by atoms with Gasteiger partial charge in [-0.2, -0.15) is 0 Å². The molecule has 0 saturated carbocycles. The zero-order chi connectivity index (χ0) is 96.3. The maximum Gasteiger partial charge on any atom is 0.168 e. The molecule has 17 rings (SSSR count). The summed E-state index contributed by atoms with van der Waals surface area (Å²) in [6.45, 7) is 54.8. The fraction of sp³-hybridized carbons (Fsp3) is 0.333. The van der Waals surface area contributed by atoms with Crippen molar-refractivity contribution in [3.63, 3.8) is 0 Å². The molecule has 0 atom stereocenters. The molecule has 0 aliphatic carbocycles. The van der Waals surface area contributed by atoms with Crippen LogP contribution in [0, 0.1) is 0 Å². The van der Waals surface area contributed by atoms with Crippen molar-refractivity contribution in [1.29, 1.82) is 0 Å².